The molecule has 0 aromatic carbocycles. The first-order chi connectivity index (χ1) is 9.82. The number of rotatable bonds is 2. The molecule has 0 N–H and O–H groups in total. The van der Waals surface area contributed by atoms with Crippen molar-refractivity contribution in [1.29, 1.82) is 0 Å². The van der Waals surface area contributed by atoms with Crippen molar-refractivity contribution >= 4 is 23.7 Å². The first kappa shape index (κ1) is 13.5. The van der Waals surface area contributed by atoms with Crippen LogP contribution in [0.1, 0.15) is 18.7 Å². The van der Waals surface area contributed by atoms with Crippen LogP contribution in [0, 0.1) is 6.92 Å². The molecule has 1 aromatic heterocycles. The molecular formula is C14H18N5O2+. The second-order valence-electron chi connectivity index (χ2n) is 5.63. The van der Waals surface area contributed by atoms with Crippen LogP contribution in [0.3, 0.4) is 0 Å². The van der Waals surface area contributed by atoms with E-state index in [1.54, 1.807) is 7.05 Å². The van der Waals surface area contributed by atoms with Crippen molar-refractivity contribution in [2.75, 3.05) is 14.1 Å². The molecule has 3 heterocycles. The van der Waals surface area contributed by atoms with Gasteiger partial charge in [-0.2, -0.15) is 0 Å². The quantitative estimate of drug-likeness (QED) is 0.596. The van der Waals surface area contributed by atoms with Gasteiger partial charge in [0.25, 0.3) is 5.91 Å². The van der Waals surface area contributed by atoms with Crippen LogP contribution in [0.2, 0.25) is 0 Å². The van der Waals surface area contributed by atoms with E-state index in [0.29, 0.717) is 18.3 Å². The van der Waals surface area contributed by atoms with Gasteiger partial charge in [0.15, 0.2) is 0 Å². The maximum absolute atomic E-state index is 12.4. The number of carbonyl (C=O) groups is 2. The van der Waals surface area contributed by atoms with Gasteiger partial charge in [-0.1, -0.05) is 11.6 Å². The van der Waals surface area contributed by atoms with Crippen LogP contribution >= 0.6 is 0 Å². The monoisotopic (exact) mass is 288 g/mol. The lowest BCUT2D eigenvalue weighted by molar-refractivity contribution is -0.677. The van der Waals surface area contributed by atoms with Gasteiger partial charge >= 0.3 is 12.0 Å². The van der Waals surface area contributed by atoms with Gasteiger partial charge < -0.3 is 0 Å². The molecular weight excluding hydrogens is 270 g/mol. The zero-order valence-electron chi connectivity index (χ0n) is 12.6. The minimum absolute atomic E-state index is 0.256. The third-order valence-electron chi connectivity index (χ3n) is 3.87. The van der Waals surface area contributed by atoms with E-state index in [1.807, 2.05) is 29.2 Å². The summed E-state index contributed by atoms with van der Waals surface area (Å²) in [7, 11) is 3.13. The van der Waals surface area contributed by atoms with E-state index in [1.165, 1.54) is 11.9 Å². The molecule has 1 unspecified atom stereocenters. The zero-order valence-corrected chi connectivity index (χ0v) is 12.6. The van der Waals surface area contributed by atoms with Gasteiger partial charge in [-0.25, -0.2) is 13.9 Å². The molecule has 0 radical (unpaired) electrons. The van der Waals surface area contributed by atoms with Crippen LogP contribution in [0.5, 0.6) is 0 Å². The fourth-order valence-electron chi connectivity index (χ4n) is 2.78. The molecule has 2 aliphatic rings. The van der Waals surface area contributed by atoms with E-state index in [4.69, 9.17) is 0 Å². The second-order valence-corrected chi connectivity index (χ2v) is 5.63. The van der Waals surface area contributed by atoms with Crippen molar-refractivity contribution in [2.24, 2.45) is 4.99 Å². The van der Waals surface area contributed by atoms with Crippen LogP contribution in [0.4, 0.5) is 10.7 Å². The Hall–Kier alpha value is -2.44. The number of aryl methyl sites for hydroxylation is 1. The lowest BCUT2D eigenvalue weighted by atomic mass is 10.2. The van der Waals surface area contributed by atoms with Crippen molar-refractivity contribution in [2.45, 2.75) is 26.4 Å². The topological polar surface area (TPSA) is 61.8 Å². The van der Waals surface area contributed by atoms with Crippen LogP contribution in [0.15, 0.2) is 23.3 Å². The number of carbonyl (C=O) groups excluding carboxylic acids is 2. The van der Waals surface area contributed by atoms with Gasteiger partial charge in [0, 0.05) is 14.1 Å². The van der Waals surface area contributed by atoms with E-state index in [2.05, 4.69) is 11.6 Å². The van der Waals surface area contributed by atoms with E-state index in [-0.39, 0.29) is 11.9 Å². The lowest BCUT2D eigenvalue weighted by Crippen LogP contribution is -2.61. The fourth-order valence-corrected chi connectivity index (χ4v) is 2.78. The molecule has 21 heavy (non-hydrogen) atoms. The summed E-state index contributed by atoms with van der Waals surface area (Å²) >= 11 is 0. The van der Waals surface area contributed by atoms with Gasteiger partial charge in [0.1, 0.15) is 11.9 Å². The summed E-state index contributed by atoms with van der Waals surface area (Å²) in [5, 5.41) is 0. The minimum atomic E-state index is -0.558. The number of hydrogen-bond donors (Lipinski definition) is 0. The van der Waals surface area contributed by atoms with Gasteiger partial charge in [-0.3, -0.25) is 14.6 Å². The highest BCUT2D eigenvalue weighted by molar-refractivity contribution is 6.18. The van der Waals surface area contributed by atoms with Crippen molar-refractivity contribution in [3.63, 3.8) is 0 Å². The van der Waals surface area contributed by atoms with Crippen molar-refractivity contribution in [1.82, 2.24) is 14.4 Å². The van der Waals surface area contributed by atoms with Crippen LogP contribution in [-0.4, -0.2) is 46.2 Å². The predicted octanol–water partition coefficient (Wildman–Crippen LogP) is 0.769. The Morgan fingerprint density at radius 3 is 2.67 bits per heavy atom. The Labute approximate surface area is 122 Å². The smallest absolute Gasteiger partial charge is 0.270 e. The summed E-state index contributed by atoms with van der Waals surface area (Å²) in [5.41, 5.74) is 2.01. The number of allylic oxidation sites excluding steroid dienone is 1. The average Bonchev–Trinajstić information content (AvgIpc) is 2.91. The maximum Gasteiger partial charge on any atom is 0.402 e. The summed E-state index contributed by atoms with van der Waals surface area (Å²) in [6.45, 7) is 8.47. The highest BCUT2D eigenvalue weighted by atomic mass is 16.2. The Morgan fingerprint density at radius 2 is 2.05 bits per heavy atom. The Balaban J connectivity index is 2.14. The Morgan fingerprint density at radius 1 is 1.38 bits per heavy atom. The molecule has 110 valence electrons. The Bertz CT molecular complexity index is 715. The highest BCUT2D eigenvalue weighted by Crippen LogP contribution is 2.28. The highest BCUT2D eigenvalue weighted by Gasteiger charge is 2.52. The third kappa shape index (κ3) is 1.73. The first-order valence-corrected chi connectivity index (χ1v) is 6.72. The number of imide groups is 1. The van der Waals surface area contributed by atoms with Gasteiger partial charge in [0.05, 0.1) is 6.54 Å². The van der Waals surface area contributed by atoms with Crippen molar-refractivity contribution < 1.29 is 14.2 Å². The number of likely N-dealkylation sites (N-methyl/N-ethyl adjacent to an activating group) is 2. The number of amides is 3. The first-order valence-electron chi connectivity index (χ1n) is 6.72. The van der Waals surface area contributed by atoms with Gasteiger partial charge in [0.2, 0.25) is 11.9 Å². The molecule has 2 aliphatic heterocycles. The molecule has 7 heteroatoms. The van der Waals surface area contributed by atoms with E-state index in [0.717, 1.165) is 16.2 Å². The molecule has 1 fully saturated rings. The normalized spacial score (nSPS) is 20.6. The van der Waals surface area contributed by atoms with Crippen LogP contribution in [-0.2, 0) is 11.3 Å². The average molecular weight is 288 g/mol. The van der Waals surface area contributed by atoms with E-state index in [9.17, 15) is 9.59 Å². The minimum Gasteiger partial charge on any atom is -0.270 e. The molecule has 0 saturated carbocycles. The molecule has 3 amide bonds. The van der Waals surface area contributed by atoms with E-state index < -0.39 is 6.04 Å². The van der Waals surface area contributed by atoms with Crippen molar-refractivity contribution in [3.8, 4) is 0 Å². The molecule has 1 aromatic rings. The standard InChI is InChI=1S/C14H18N5O2/c1-8(2)6-18-9(3)7-19-10-11(15-13(18)19)16(4)14(21)17(5)12(10)20/h7,10H,1,6H2,2-5H3/q+1. The summed E-state index contributed by atoms with van der Waals surface area (Å²) in [6.07, 6.45) is 1.90. The molecule has 0 spiro atoms. The zero-order chi connectivity index (χ0) is 15.5. The van der Waals surface area contributed by atoms with Crippen LogP contribution in [0.25, 0.3) is 0 Å². The number of urea groups is 1. The van der Waals surface area contributed by atoms with Gasteiger partial charge in [-0.05, 0) is 19.4 Å². The number of nitrogens with zero attached hydrogens (tertiary/aromatic N) is 5. The summed E-state index contributed by atoms with van der Waals surface area (Å²) in [5.74, 6) is 0.903. The van der Waals surface area contributed by atoms with E-state index >= 15 is 0 Å². The van der Waals surface area contributed by atoms with Crippen LogP contribution < -0.4 is 4.57 Å². The fraction of sp³-hybridized carbons (Fsp3) is 0.429. The lowest BCUT2D eigenvalue weighted by Gasteiger charge is -2.30. The molecule has 0 bridgehead atoms. The number of fused-ring (bicyclic) bond motifs is 3. The van der Waals surface area contributed by atoms with Gasteiger partial charge in [-0.15, -0.1) is 0 Å². The Kier molecular flexibility index (Phi) is 2.76. The largest absolute Gasteiger partial charge is 0.402 e. The summed E-state index contributed by atoms with van der Waals surface area (Å²) < 4.78 is 3.83. The number of imidazole rings is 1. The molecule has 1 atom stereocenters. The number of amidine groups is 1. The molecule has 1 saturated heterocycles. The SMILES string of the molecule is C=C(C)Cn1c(C)c[n+]2c1N=C1C2C(=O)N(C)C(=O)N1C. The number of aromatic nitrogens is 2. The number of aliphatic imine (C=N–C) groups is 1. The molecule has 7 nitrogen and oxygen atoms in total. The third-order valence-corrected chi connectivity index (χ3v) is 3.87. The maximum atomic E-state index is 12.4. The summed E-state index contributed by atoms with van der Waals surface area (Å²) in [6, 6.07) is -0.915. The summed E-state index contributed by atoms with van der Waals surface area (Å²) in [4.78, 5) is 31.5. The second kappa shape index (κ2) is 4.28. The van der Waals surface area contributed by atoms with Crippen molar-refractivity contribution in [3.05, 3.63) is 24.0 Å². The molecule has 3 rings (SSSR count). The predicted molar refractivity (Wildman–Crippen MR) is 76.2 cm³/mol. The molecule has 0 aliphatic carbocycles. The number of hydrogen-bond acceptors (Lipinski definition) is 3.